The van der Waals surface area contributed by atoms with E-state index in [1.54, 1.807) is 0 Å². The summed E-state index contributed by atoms with van der Waals surface area (Å²) in [4.78, 5) is 14.8. The number of hydrogen-bond acceptors (Lipinski definition) is 3. The molecule has 1 aromatic heterocycles. The number of benzene rings is 1. The van der Waals surface area contributed by atoms with Crippen molar-refractivity contribution < 1.29 is 9.90 Å². The van der Waals surface area contributed by atoms with Gasteiger partial charge in [-0.1, -0.05) is 30.3 Å². The summed E-state index contributed by atoms with van der Waals surface area (Å²) in [6.07, 6.45) is 7.42. The molecule has 2 aromatic rings. The Balaban J connectivity index is 1.29. The molecular weight excluding hydrogens is 338 g/mol. The zero-order chi connectivity index (χ0) is 18.6. The molecule has 1 unspecified atom stereocenters. The first-order valence-electron chi connectivity index (χ1n) is 10.3. The number of aromatic nitrogens is 2. The van der Waals surface area contributed by atoms with Gasteiger partial charge < -0.3 is 10.0 Å². The SMILES string of the molecule is O=C(c1n[nH]c2c1CCCC2)N1CCC(C(O)CCc2ccccc2)CC1. The average molecular weight is 367 g/mol. The standard InChI is InChI=1S/C22H29N3O2/c26-20(11-10-16-6-2-1-3-7-16)17-12-14-25(15-13-17)22(27)21-18-8-4-5-9-19(18)23-24-21/h1-3,6-7,17,20,26H,4-5,8-15H2,(H,23,24). The lowest BCUT2D eigenvalue weighted by Crippen LogP contribution is -2.41. The van der Waals surface area contributed by atoms with Crippen molar-refractivity contribution in [2.75, 3.05) is 13.1 Å². The van der Waals surface area contributed by atoms with Gasteiger partial charge in [-0.05, 0) is 62.8 Å². The van der Waals surface area contributed by atoms with Crippen LogP contribution >= 0.6 is 0 Å². The summed E-state index contributed by atoms with van der Waals surface area (Å²) in [5.74, 6) is 0.345. The molecule has 1 aromatic carbocycles. The van der Waals surface area contributed by atoms with E-state index in [1.807, 2.05) is 23.1 Å². The molecule has 0 bridgehead atoms. The zero-order valence-electron chi connectivity index (χ0n) is 15.9. The molecule has 27 heavy (non-hydrogen) atoms. The van der Waals surface area contributed by atoms with Crippen molar-refractivity contribution in [1.82, 2.24) is 15.1 Å². The van der Waals surface area contributed by atoms with Crippen LogP contribution < -0.4 is 0 Å². The van der Waals surface area contributed by atoms with E-state index in [9.17, 15) is 9.90 Å². The fourth-order valence-corrected chi connectivity index (χ4v) is 4.49. The monoisotopic (exact) mass is 367 g/mol. The minimum atomic E-state index is -0.291. The first-order valence-corrected chi connectivity index (χ1v) is 10.3. The summed E-state index contributed by atoms with van der Waals surface area (Å²) in [6, 6.07) is 10.3. The molecule has 2 aliphatic rings. The van der Waals surface area contributed by atoms with Crippen molar-refractivity contribution in [2.24, 2.45) is 5.92 Å². The Bertz CT molecular complexity index is 763. The second-order valence-corrected chi connectivity index (χ2v) is 7.96. The number of fused-ring (bicyclic) bond motifs is 1. The zero-order valence-corrected chi connectivity index (χ0v) is 15.9. The highest BCUT2D eigenvalue weighted by Crippen LogP contribution is 2.27. The molecule has 2 heterocycles. The first-order chi connectivity index (χ1) is 13.2. The molecule has 1 saturated heterocycles. The Hall–Kier alpha value is -2.14. The van der Waals surface area contributed by atoms with Crippen LogP contribution in [-0.4, -0.2) is 45.3 Å². The Morgan fingerprint density at radius 2 is 1.93 bits per heavy atom. The third kappa shape index (κ3) is 4.08. The molecule has 5 nitrogen and oxygen atoms in total. The Kier molecular flexibility index (Phi) is 5.58. The van der Waals surface area contributed by atoms with Gasteiger partial charge in [0.1, 0.15) is 0 Å². The lowest BCUT2D eigenvalue weighted by atomic mass is 9.88. The van der Waals surface area contributed by atoms with Gasteiger partial charge in [0.15, 0.2) is 5.69 Å². The van der Waals surface area contributed by atoms with E-state index in [4.69, 9.17) is 0 Å². The van der Waals surface area contributed by atoms with Crippen LogP contribution in [0.3, 0.4) is 0 Å². The van der Waals surface area contributed by atoms with Crippen LogP contribution in [0.1, 0.15) is 59.4 Å². The van der Waals surface area contributed by atoms with Crippen LogP contribution in [0, 0.1) is 5.92 Å². The van der Waals surface area contributed by atoms with Gasteiger partial charge >= 0.3 is 0 Å². The third-order valence-electron chi connectivity index (χ3n) is 6.20. The van der Waals surface area contributed by atoms with Crippen molar-refractivity contribution in [1.29, 1.82) is 0 Å². The number of hydrogen-bond donors (Lipinski definition) is 2. The highest BCUT2D eigenvalue weighted by atomic mass is 16.3. The van der Waals surface area contributed by atoms with Crippen molar-refractivity contribution in [2.45, 2.75) is 57.5 Å². The average Bonchev–Trinajstić information content (AvgIpc) is 3.16. The van der Waals surface area contributed by atoms with Crippen molar-refractivity contribution in [3.05, 3.63) is 52.8 Å². The van der Waals surface area contributed by atoms with Crippen LogP contribution in [0.25, 0.3) is 0 Å². The summed E-state index contributed by atoms with van der Waals surface area (Å²) in [7, 11) is 0. The van der Waals surface area contributed by atoms with Crippen molar-refractivity contribution in [3.63, 3.8) is 0 Å². The fourth-order valence-electron chi connectivity index (χ4n) is 4.49. The molecule has 144 valence electrons. The number of likely N-dealkylation sites (tertiary alicyclic amines) is 1. The molecule has 1 fully saturated rings. The number of piperidine rings is 1. The predicted octanol–water partition coefficient (Wildman–Crippen LogP) is 3.13. The van der Waals surface area contributed by atoms with E-state index in [0.717, 1.165) is 56.2 Å². The van der Waals surface area contributed by atoms with Crippen LogP contribution in [0.4, 0.5) is 0 Å². The Morgan fingerprint density at radius 3 is 2.70 bits per heavy atom. The molecule has 0 radical (unpaired) electrons. The number of rotatable bonds is 5. The molecule has 1 aliphatic heterocycles. The van der Waals surface area contributed by atoms with E-state index in [-0.39, 0.29) is 17.9 Å². The Labute approximate surface area is 160 Å². The highest BCUT2D eigenvalue weighted by Gasteiger charge is 2.30. The predicted molar refractivity (Wildman–Crippen MR) is 105 cm³/mol. The minimum absolute atomic E-state index is 0.0617. The molecule has 1 aliphatic carbocycles. The van der Waals surface area contributed by atoms with Gasteiger partial charge in [-0.15, -0.1) is 0 Å². The smallest absolute Gasteiger partial charge is 0.274 e. The van der Waals surface area contributed by atoms with Gasteiger partial charge in [0.25, 0.3) is 5.91 Å². The Morgan fingerprint density at radius 1 is 1.19 bits per heavy atom. The molecule has 4 rings (SSSR count). The van der Waals surface area contributed by atoms with Crippen molar-refractivity contribution >= 4 is 5.91 Å². The van der Waals surface area contributed by atoms with Gasteiger partial charge in [0, 0.05) is 24.3 Å². The van der Waals surface area contributed by atoms with Crippen LogP contribution in [0.15, 0.2) is 30.3 Å². The summed E-state index contributed by atoms with van der Waals surface area (Å²) in [6.45, 7) is 1.43. The van der Waals surface area contributed by atoms with Crippen LogP contribution in [0.2, 0.25) is 0 Å². The maximum absolute atomic E-state index is 12.9. The van der Waals surface area contributed by atoms with E-state index in [0.29, 0.717) is 18.8 Å². The highest BCUT2D eigenvalue weighted by molar-refractivity contribution is 5.94. The molecule has 2 N–H and O–H groups in total. The lowest BCUT2D eigenvalue weighted by molar-refractivity contribution is 0.0432. The van der Waals surface area contributed by atoms with E-state index < -0.39 is 0 Å². The number of aromatic amines is 1. The second-order valence-electron chi connectivity index (χ2n) is 7.96. The molecule has 1 amide bonds. The molecule has 0 saturated carbocycles. The van der Waals surface area contributed by atoms with Gasteiger partial charge in [0.2, 0.25) is 0 Å². The molecule has 0 spiro atoms. The summed E-state index contributed by atoms with van der Waals surface area (Å²) >= 11 is 0. The van der Waals surface area contributed by atoms with Crippen molar-refractivity contribution in [3.8, 4) is 0 Å². The van der Waals surface area contributed by atoms with Gasteiger partial charge in [0.05, 0.1) is 6.10 Å². The summed E-state index contributed by atoms with van der Waals surface area (Å²) < 4.78 is 0. The fraction of sp³-hybridized carbons (Fsp3) is 0.545. The second kappa shape index (κ2) is 8.26. The number of amides is 1. The summed E-state index contributed by atoms with van der Waals surface area (Å²) in [5.41, 5.74) is 4.19. The van der Waals surface area contributed by atoms with Gasteiger partial charge in [-0.2, -0.15) is 5.10 Å². The minimum Gasteiger partial charge on any atom is -0.393 e. The number of carbonyl (C=O) groups is 1. The number of aliphatic hydroxyl groups is 1. The van der Waals surface area contributed by atoms with E-state index >= 15 is 0 Å². The maximum Gasteiger partial charge on any atom is 0.274 e. The first kappa shape index (κ1) is 18.2. The number of nitrogens with zero attached hydrogens (tertiary/aromatic N) is 2. The van der Waals surface area contributed by atoms with Gasteiger partial charge in [-0.25, -0.2) is 0 Å². The van der Waals surface area contributed by atoms with E-state index in [1.165, 1.54) is 12.0 Å². The topological polar surface area (TPSA) is 69.2 Å². The third-order valence-corrected chi connectivity index (χ3v) is 6.20. The number of nitrogens with one attached hydrogen (secondary N) is 1. The maximum atomic E-state index is 12.9. The number of aryl methyl sites for hydroxylation is 2. The normalized spacial score (nSPS) is 18.9. The quantitative estimate of drug-likeness (QED) is 0.853. The largest absolute Gasteiger partial charge is 0.393 e. The van der Waals surface area contributed by atoms with E-state index in [2.05, 4.69) is 22.3 Å². The molecule has 1 atom stereocenters. The van der Waals surface area contributed by atoms with Gasteiger partial charge in [-0.3, -0.25) is 9.89 Å². The number of H-pyrrole nitrogens is 1. The lowest BCUT2D eigenvalue weighted by Gasteiger charge is -2.34. The summed E-state index contributed by atoms with van der Waals surface area (Å²) in [5, 5.41) is 18.0. The molecule has 5 heteroatoms. The number of carbonyl (C=O) groups excluding carboxylic acids is 1. The van der Waals surface area contributed by atoms with Crippen LogP contribution in [0.5, 0.6) is 0 Å². The van der Waals surface area contributed by atoms with Crippen LogP contribution in [-0.2, 0) is 19.3 Å². The molecular formula is C22H29N3O2. The number of aliphatic hydroxyl groups excluding tert-OH is 1.